The number of carbonyl (C=O) groups excluding carboxylic acids is 2. The Balaban J connectivity index is 1.54. The van der Waals surface area contributed by atoms with Crippen LogP contribution in [0.2, 0.25) is 0 Å². The van der Waals surface area contributed by atoms with E-state index in [1.807, 2.05) is 13.8 Å². The van der Waals surface area contributed by atoms with Crippen LogP contribution in [0.3, 0.4) is 0 Å². The molecule has 8 heteroatoms. The summed E-state index contributed by atoms with van der Waals surface area (Å²) in [7, 11) is 3.43. The van der Waals surface area contributed by atoms with Crippen molar-refractivity contribution in [1.29, 1.82) is 0 Å². The number of hydrogen-bond acceptors (Lipinski definition) is 4. The lowest BCUT2D eigenvalue weighted by Crippen LogP contribution is -2.62. The van der Waals surface area contributed by atoms with Gasteiger partial charge in [0.25, 0.3) is 5.91 Å². The predicted molar refractivity (Wildman–Crippen MR) is 103 cm³/mol. The number of aromatic nitrogens is 2. The maximum Gasteiger partial charge on any atom is 0.275 e. The second kappa shape index (κ2) is 6.46. The van der Waals surface area contributed by atoms with Crippen LogP contribution in [0.15, 0.2) is 0 Å². The number of aryl methyl sites for hydroxylation is 1. The van der Waals surface area contributed by atoms with E-state index in [0.717, 1.165) is 32.1 Å². The van der Waals surface area contributed by atoms with Crippen molar-refractivity contribution in [3.8, 4) is 0 Å². The van der Waals surface area contributed by atoms with Gasteiger partial charge in [0.2, 0.25) is 5.91 Å². The largest absolute Gasteiger partial charge is 0.369 e. The summed E-state index contributed by atoms with van der Waals surface area (Å²) < 4.78 is 16.4. The van der Waals surface area contributed by atoms with E-state index < -0.39 is 17.1 Å². The van der Waals surface area contributed by atoms with Crippen LogP contribution in [-0.2, 0) is 11.8 Å². The number of amides is 2. The normalized spacial score (nSPS) is 33.4. The quantitative estimate of drug-likeness (QED) is 0.801. The lowest BCUT2D eigenvalue weighted by molar-refractivity contribution is -0.145. The first kappa shape index (κ1) is 19.2. The van der Waals surface area contributed by atoms with Crippen LogP contribution in [-0.4, -0.2) is 40.7 Å². The Morgan fingerprint density at radius 3 is 2.43 bits per heavy atom. The highest BCUT2D eigenvalue weighted by Crippen LogP contribution is 2.59. The number of primary amides is 1. The molecule has 5 rings (SSSR count). The summed E-state index contributed by atoms with van der Waals surface area (Å²) in [6.07, 6.45) is 4.35. The molecule has 2 atom stereocenters. The average molecular weight is 391 g/mol. The van der Waals surface area contributed by atoms with Gasteiger partial charge in [-0.2, -0.15) is 5.10 Å². The van der Waals surface area contributed by atoms with Crippen LogP contribution in [0.4, 0.5) is 10.2 Å². The Hall–Kier alpha value is -2.12. The van der Waals surface area contributed by atoms with Gasteiger partial charge in [0, 0.05) is 31.6 Å². The molecule has 1 heterocycles. The monoisotopic (exact) mass is 391 g/mol. The Kier molecular flexibility index (Phi) is 4.43. The van der Waals surface area contributed by atoms with Crippen molar-refractivity contribution < 1.29 is 14.0 Å². The van der Waals surface area contributed by atoms with Crippen LogP contribution < -0.4 is 16.0 Å². The molecule has 28 heavy (non-hydrogen) atoms. The van der Waals surface area contributed by atoms with E-state index in [1.165, 1.54) is 4.68 Å². The van der Waals surface area contributed by atoms with Gasteiger partial charge in [0.15, 0.2) is 17.3 Å². The molecule has 154 valence electrons. The summed E-state index contributed by atoms with van der Waals surface area (Å²) in [5.74, 6) is 0.0121. The second-order valence-electron chi connectivity index (χ2n) is 9.43. The van der Waals surface area contributed by atoms with Gasteiger partial charge in [-0.05, 0) is 63.7 Å². The lowest BCUT2D eigenvalue weighted by atomic mass is 9.47. The molecule has 4 fully saturated rings. The number of hydrogen-bond donors (Lipinski definition) is 2. The first-order chi connectivity index (χ1) is 13.1. The number of rotatable bonds is 5. The lowest BCUT2D eigenvalue weighted by Gasteiger charge is -2.58. The van der Waals surface area contributed by atoms with Gasteiger partial charge in [-0.3, -0.25) is 9.59 Å². The van der Waals surface area contributed by atoms with Crippen LogP contribution >= 0.6 is 0 Å². The zero-order chi connectivity index (χ0) is 20.4. The molecule has 0 saturated heterocycles. The Labute approximate surface area is 164 Å². The Bertz CT molecular complexity index is 804. The van der Waals surface area contributed by atoms with E-state index >= 15 is 0 Å². The number of nitrogens with zero attached hydrogens (tertiary/aromatic N) is 3. The zero-order valence-corrected chi connectivity index (χ0v) is 17.0. The van der Waals surface area contributed by atoms with Crippen LogP contribution in [0.5, 0.6) is 0 Å². The second-order valence-corrected chi connectivity index (χ2v) is 9.43. The minimum absolute atomic E-state index is 0.0378. The van der Waals surface area contributed by atoms with Gasteiger partial charge in [-0.15, -0.1) is 0 Å². The van der Waals surface area contributed by atoms with Crippen LogP contribution in [0, 0.1) is 29.0 Å². The van der Waals surface area contributed by atoms with E-state index in [0.29, 0.717) is 11.7 Å². The summed E-state index contributed by atoms with van der Waals surface area (Å²) in [6, 6.07) is 0.0411. The highest BCUT2D eigenvalue weighted by molar-refractivity contribution is 5.94. The van der Waals surface area contributed by atoms with Crippen molar-refractivity contribution in [2.24, 2.45) is 36.0 Å². The fourth-order valence-corrected chi connectivity index (χ4v) is 6.04. The number of anilines is 1. The van der Waals surface area contributed by atoms with Gasteiger partial charge >= 0.3 is 0 Å². The van der Waals surface area contributed by atoms with Crippen molar-refractivity contribution in [1.82, 2.24) is 15.1 Å². The molecule has 0 radical (unpaired) electrons. The first-order valence-electron chi connectivity index (χ1n) is 10.2. The number of halogens is 1. The molecule has 1 aromatic heterocycles. The van der Waals surface area contributed by atoms with Crippen molar-refractivity contribution >= 4 is 17.6 Å². The van der Waals surface area contributed by atoms with E-state index in [1.54, 1.807) is 19.0 Å². The molecule has 2 unspecified atom stereocenters. The number of carbonyl (C=O) groups is 2. The first-order valence-corrected chi connectivity index (χ1v) is 10.2. The molecule has 0 aromatic carbocycles. The Morgan fingerprint density at radius 2 is 1.89 bits per heavy atom. The van der Waals surface area contributed by atoms with Crippen molar-refractivity contribution in [2.75, 3.05) is 11.9 Å². The van der Waals surface area contributed by atoms with Crippen molar-refractivity contribution in [3.05, 3.63) is 11.5 Å². The number of nitrogens with one attached hydrogen (secondary N) is 1. The van der Waals surface area contributed by atoms with E-state index in [2.05, 4.69) is 10.4 Å². The maximum absolute atomic E-state index is 15.0. The summed E-state index contributed by atoms with van der Waals surface area (Å²) in [4.78, 5) is 26.7. The fraction of sp³-hybridized carbons (Fsp3) is 0.750. The maximum atomic E-state index is 15.0. The van der Waals surface area contributed by atoms with E-state index in [-0.39, 0.29) is 35.5 Å². The van der Waals surface area contributed by atoms with E-state index in [4.69, 9.17) is 5.73 Å². The van der Waals surface area contributed by atoms with Gasteiger partial charge in [0.05, 0.1) is 0 Å². The fourth-order valence-electron chi connectivity index (χ4n) is 6.04. The molecule has 0 aliphatic heterocycles. The van der Waals surface area contributed by atoms with Gasteiger partial charge in [0.1, 0.15) is 0 Å². The Morgan fingerprint density at radius 1 is 1.29 bits per heavy atom. The van der Waals surface area contributed by atoms with Gasteiger partial charge in [-0.1, -0.05) is 0 Å². The molecule has 2 amide bonds. The average Bonchev–Trinajstić information content (AvgIpc) is 2.91. The topological polar surface area (TPSA) is 93.2 Å². The van der Waals surface area contributed by atoms with E-state index in [9.17, 15) is 14.0 Å². The minimum atomic E-state index is -0.589. The molecule has 0 spiro atoms. The zero-order valence-electron chi connectivity index (χ0n) is 17.0. The molecule has 4 aliphatic rings. The predicted octanol–water partition coefficient (Wildman–Crippen LogP) is 1.81. The third kappa shape index (κ3) is 2.79. The third-order valence-corrected chi connectivity index (χ3v) is 7.38. The van der Waals surface area contributed by atoms with Crippen molar-refractivity contribution in [3.63, 3.8) is 0 Å². The molecule has 7 nitrogen and oxygen atoms in total. The third-order valence-electron chi connectivity index (χ3n) is 7.38. The molecule has 3 N–H and O–H groups in total. The standard InChI is InChI=1S/C20H30FN5O2/c1-10(2)25(3)18-14(21)16(24-26(18)4)17(27)23-15-12-5-11-6-13(15)9-20(7-11,8-12)19(22)28/h10-13,15H,5-9H2,1-4H3,(H2,22,28)(H,23,27). The molecule has 4 aliphatic carbocycles. The van der Waals surface area contributed by atoms with Crippen LogP contribution in [0.1, 0.15) is 56.4 Å². The minimum Gasteiger partial charge on any atom is -0.369 e. The molecular formula is C20H30FN5O2. The molecule has 4 bridgehead atoms. The smallest absolute Gasteiger partial charge is 0.275 e. The van der Waals surface area contributed by atoms with Crippen LogP contribution in [0.25, 0.3) is 0 Å². The van der Waals surface area contributed by atoms with Gasteiger partial charge < -0.3 is 16.0 Å². The SMILES string of the molecule is CC(C)N(C)c1c(F)c(C(=O)NC2C3CC4CC2CC(C(N)=O)(C4)C3)nn1C. The highest BCUT2D eigenvalue weighted by atomic mass is 19.1. The number of nitrogens with two attached hydrogens (primary N) is 1. The summed E-state index contributed by atoms with van der Waals surface area (Å²) >= 11 is 0. The highest BCUT2D eigenvalue weighted by Gasteiger charge is 2.58. The molecule has 4 saturated carbocycles. The molecular weight excluding hydrogens is 361 g/mol. The summed E-state index contributed by atoms with van der Waals surface area (Å²) in [5, 5.41) is 7.21. The van der Waals surface area contributed by atoms with Crippen molar-refractivity contribution in [2.45, 2.75) is 58.0 Å². The molecule has 1 aromatic rings. The van der Waals surface area contributed by atoms with Gasteiger partial charge in [-0.25, -0.2) is 9.07 Å². The summed E-state index contributed by atoms with van der Waals surface area (Å²) in [5.41, 5.74) is 5.16. The summed E-state index contributed by atoms with van der Waals surface area (Å²) in [6.45, 7) is 3.91.